The van der Waals surface area contributed by atoms with Gasteiger partial charge in [0, 0.05) is 18.3 Å². The van der Waals surface area contributed by atoms with Crippen molar-refractivity contribution in [2.75, 3.05) is 0 Å². The number of carbonyl (C=O) groups is 1. The van der Waals surface area contributed by atoms with E-state index in [1.165, 1.54) is 36.5 Å². The largest absolute Gasteiger partial charge is 0.483 e. The highest BCUT2D eigenvalue weighted by molar-refractivity contribution is 5.75. The quantitative estimate of drug-likeness (QED) is 0.664. The Hall–Kier alpha value is -3.48. The Bertz CT molecular complexity index is 1050. The zero-order valence-corrected chi connectivity index (χ0v) is 15.8. The number of halogens is 2. The average molecular weight is 398 g/mol. The van der Waals surface area contributed by atoms with Crippen LogP contribution in [0.5, 0.6) is 5.75 Å². The number of hydrogen-bond acceptors (Lipinski definition) is 3. The number of aromatic nitrogens is 1. The van der Waals surface area contributed by atoms with Gasteiger partial charge in [0.25, 0.3) is 0 Å². The Morgan fingerprint density at radius 2 is 1.59 bits per heavy atom. The van der Waals surface area contributed by atoms with Crippen molar-refractivity contribution in [2.45, 2.75) is 26.6 Å². The number of nitrogens with zero attached hydrogens (tertiary/aromatic N) is 1. The molecule has 1 amide bonds. The van der Waals surface area contributed by atoms with E-state index in [9.17, 15) is 18.4 Å². The SMILES string of the molecule is Cc1cc(=O)c(OCc2ccc(F)cc2)cn1CC(=O)NCc1ccc(F)cc1. The zero-order valence-electron chi connectivity index (χ0n) is 15.8. The first kappa shape index (κ1) is 20.3. The van der Waals surface area contributed by atoms with Crippen LogP contribution in [0.2, 0.25) is 0 Å². The number of carbonyl (C=O) groups excluding carboxylic acids is 1. The van der Waals surface area contributed by atoms with Crippen LogP contribution in [0.1, 0.15) is 16.8 Å². The summed E-state index contributed by atoms with van der Waals surface area (Å²) in [7, 11) is 0. The van der Waals surface area contributed by atoms with Gasteiger partial charge in [0.15, 0.2) is 5.75 Å². The highest BCUT2D eigenvalue weighted by Gasteiger charge is 2.09. The molecule has 0 fully saturated rings. The predicted molar refractivity (Wildman–Crippen MR) is 104 cm³/mol. The maximum atomic E-state index is 13.0. The van der Waals surface area contributed by atoms with E-state index in [0.29, 0.717) is 5.69 Å². The monoisotopic (exact) mass is 398 g/mol. The Balaban J connectivity index is 1.63. The van der Waals surface area contributed by atoms with Crippen LogP contribution >= 0.6 is 0 Å². The fourth-order valence-electron chi connectivity index (χ4n) is 2.68. The fourth-order valence-corrected chi connectivity index (χ4v) is 2.68. The van der Waals surface area contributed by atoms with Crippen molar-refractivity contribution in [1.82, 2.24) is 9.88 Å². The van der Waals surface area contributed by atoms with Crippen molar-refractivity contribution in [1.29, 1.82) is 0 Å². The van der Waals surface area contributed by atoms with Gasteiger partial charge in [0.2, 0.25) is 11.3 Å². The molecule has 0 radical (unpaired) electrons. The van der Waals surface area contributed by atoms with Gasteiger partial charge in [-0.3, -0.25) is 9.59 Å². The fraction of sp³-hybridized carbons (Fsp3) is 0.182. The molecule has 1 heterocycles. The number of rotatable bonds is 7. The molecule has 0 saturated carbocycles. The lowest BCUT2D eigenvalue weighted by atomic mass is 10.2. The molecule has 3 aromatic rings. The smallest absolute Gasteiger partial charge is 0.240 e. The number of pyridine rings is 1. The van der Waals surface area contributed by atoms with Gasteiger partial charge in [-0.05, 0) is 42.3 Å². The minimum atomic E-state index is -0.349. The number of ether oxygens (including phenoxy) is 1. The van der Waals surface area contributed by atoms with E-state index >= 15 is 0 Å². The molecule has 3 rings (SSSR count). The van der Waals surface area contributed by atoms with Crippen LogP contribution < -0.4 is 15.5 Å². The Labute approximate surface area is 166 Å². The summed E-state index contributed by atoms with van der Waals surface area (Å²) >= 11 is 0. The van der Waals surface area contributed by atoms with E-state index in [2.05, 4.69) is 5.32 Å². The molecular formula is C22H20F2N2O3. The van der Waals surface area contributed by atoms with Gasteiger partial charge in [-0.15, -0.1) is 0 Å². The molecule has 7 heteroatoms. The predicted octanol–water partition coefficient (Wildman–Crippen LogP) is 3.33. The molecule has 29 heavy (non-hydrogen) atoms. The van der Waals surface area contributed by atoms with Crippen LogP contribution in [0.25, 0.3) is 0 Å². The third-order valence-electron chi connectivity index (χ3n) is 4.33. The Morgan fingerprint density at radius 1 is 1.00 bits per heavy atom. The van der Waals surface area contributed by atoms with Crippen molar-refractivity contribution in [3.63, 3.8) is 0 Å². The normalized spacial score (nSPS) is 10.6. The Kier molecular flexibility index (Phi) is 6.39. The molecule has 0 spiro atoms. The van der Waals surface area contributed by atoms with Crippen molar-refractivity contribution in [3.8, 4) is 5.75 Å². The molecule has 0 aliphatic carbocycles. The highest BCUT2D eigenvalue weighted by atomic mass is 19.1. The Morgan fingerprint density at radius 3 is 2.21 bits per heavy atom. The van der Waals surface area contributed by atoms with Gasteiger partial charge in [0.1, 0.15) is 24.8 Å². The standard InChI is InChI=1S/C22H20F2N2O3/c1-15-10-20(27)21(29-14-17-4-8-19(24)9-5-17)12-26(15)13-22(28)25-11-16-2-6-18(23)7-3-16/h2-10,12H,11,13-14H2,1H3,(H,25,28). The van der Waals surface area contributed by atoms with Gasteiger partial charge < -0.3 is 14.6 Å². The summed E-state index contributed by atoms with van der Waals surface area (Å²) in [5.41, 5.74) is 1.81. The summed E-state index contributed by atoms with van der Waals surface area (Å²) < 4.78 is 33.1. The molecule has 2 aromatic carbocycles. The molecule has 0 aliphatic rings. The van der Waals surface area contributed by atoms with E-state index in [4.69, 9.17) is 4.74 Å². The van der Waals surface area contributed by atoms with Gasteiger partial charge in [-0.25, -0.2) is 8.78 Å². The summed E-state index contributed by atoms with van der Waals surface area (Å²) in [6, 6.07) is 13.0. The third kappa shape index (κ3) is 5.75. The van der Waals surface area contributed by atoms with Crippen molar-refractivity contribution in [3.05, 3.63) is 99.5 Å². The second kappa shape index (κ2) is 9.14. The van der Waals surface area contributed by atoms with Gasteiger partial charge in [-0.1, -0.05) is 24.3 Å². The molecular weight excluding hydrogens is 378 g/mol. The van der Waals surface area contributed by atoms with E-state index in [-0.39, 0.29) is 48.4 Å². The minimum Gasteiger partial charge on any atom is -0.483 e. The average Bonchev–Trinajstić information content (AvgIpc) is 2.70. The second-order valence-corrected chi connectivity index (χ2v) is 6.59. The maximum Gasteiger partial charge on any atom is 0.240 e. The molecule has 5 nitrogen and oxygen atoms in total. The highest BCUT2D eigenvalue weighted by Crippen LogP contribution is 2.11. The number of aryl methyl sites for hydroxylation is 1. The van der Waals surface area contributed by atoms with Crippen molar-refractivity contribution >= 4 is 5.91 Å². The maximum absolute atomic E-state index is 13.0. The lowest BCUT2D eigenvalue weighted by Crippen LogP contribution is -2.28. The molecule has 150 valence electrons. The van der Waals surface area contributed by atoms with E-state index in [0.717, 1.165) is 11.1 Å². The van der Waals surface area contributed by atoms with Crippen molar-refractivity contribution in [2.24, 2.45) is 0 Å². The molecule has 0 bridgehead atoms. The van der Waals surface area contributed by atoms with Gasteiger partial charge in [-0.2, -0.15) is 0 Å². The van der Waals surface area contributed by atoms with Crippen LogP contribution in [0.15, 0.2) is 65.6 Å². The van der Waals surface area contributed by atoms with Crippen LogP contribution in [-0.2, 0) is 24.5 Å². The van der Waals surface area contributed by atoms with Crippen LogP contribution in [0, 0.1) is 18.6 Å². The molecule has 0 unspecified atom stereocenters. The third-order valence-corrected chi connectivity index (χ3v) is 4.33. The first-order chi connectivity index (χ1) is 13.9. The molecule has 0 atom stereocenters. The van der Waals surface area contributed by atoms with E-state index in [1.54, 1.807) is 35.8 Å². The molecule has 1 N–H and O–H groups in total. The molecule has 0 aliphatic heterocycles. The van der Waals surface area contributed by atoms with Gasteiger partial charge >= 0.3 is 0 Å². The van der Waals surface area contributed by atoms with Crippen molar-refractivity contribution < 1.29 is 18.3 Å². The van der Waals surface area contributed by atoms with Crippen LogP contribution in [0.4, 0.5) is 8.78 Å². The summed E-state index contributed by atoms with van der Waals surface area (Å²) in [5.74, 6) is -0.841. The topological polar surface area (TPSA) is 60.3 Å². The zero-order chi connectivity index (χ0) is 20.8. The van der Waals surface area contributed by atoms with Gasteiger partial charge in [0.05, 0.1) is 6.20 Å². The molecule has 0 saturated heterocycles. The van der Waals surface area contributed by atoms with Crippen LogP contribution in [0.3, 0.4) is 0 Å². The summed E-state index contributed by atoms with van der Waals surface area (Å²) in [6.45, 7) is 2.10. The summed E-state index contributed by atoms with van der Waals surface area (Å²) in [4.78, 5) is 24.4. The first-order valence-electron chi connectivity index (χ1n) is 9.00. The minimum absolute atomic E-state index is 0.000215. The second-order valence-electron chi connectivity index (χ2n) is 6.59. The summed E-state index contributed by atoms with van der Waals surface area (Å²) in [6.07, 6.45) is 1.48. The van der Waals surface area contributed by atoms with E-state index in [1.807, 2.05) is 0 Å². The number of nitrogens with one attached hydrogen (secondary N) is 1. The lowest BCUT2D eigenvalue weighted by molar-refractivity contribution is -0.121. The lowest BCUT2D eigenvalue weighted by Gasteiger charge is -2.13. The number of hydrogen-bond donors (Lipinski definition) is 1. The molecule has 1 aromatic heterocycles. The first-order valence-corrected chi connectivity index (χ1v) is 9.00. The summed E-state index contributed by atoms with van der Waals surface area (Å²) in [5, 5.41) is 2.75. The van der Waals surface area contributed by atoms with Crippen LogP contribution in [-0.4, -0.2) is 10.5 Å². The number of benzene rings is 2. The number of amides is 1. The van der Waals surface area contributed by atoms with E-state index < -0.39 is 0 Å².